The average Bonchev–Trinajstić information content (AvgIpc) is 3.19. The Morgan fingerprint density at radius 2 is 1.48 bits per heavy atom. The van der Waals surface area contributed by atoms with Gasteiger partial charge < -0.3 is 5.73 Å². The van der Waals surface area contributed by atoms with Crippen LogP contribution in [0.3, 0.4) is 0 Å². The topological polar surface area (TPSA) is 26.0 Å². The molecule has 2 aromatic rings. The summed E-state index contributed by atoms with van der Waals surface area (Å²) in [6.07, 6.45) is 15.4. The van der Waals surface area contributed by atoms with Gasteiger partial charge in [-0.1, -0.05) is 93.3 Å². The molecule has 0 saturated carbocycles. The van der Waals surface area contributed by atoms with Crippen LogP contribution in [0.2, 0.25) is 0 Å². The predicted molar refractivity (Wildman–Crippen MR) is 138 cm³/mol. The van der Waals surface area contributed by atoms with Gasteiger partial charge in [-0.25, -0.2) is 0 Å². The average molecular weight is 414 g/mol. The molecule has 1 nitrogen and oxygen atoms in total. The summed E-state index contributed by atoms with van der Waals surface area (Å²) in [6, 6.07) is 19.5. The van der Waals surface area contributed by atoms with E-state index in [9.17, 15) is 0 Å². The largest absolute Gasteiger partial charge is 0.405 e. The molecule has 2 N–H and O–H groups in total. The quantitative estimate of drug-likeness (QED) is 0.495. The van der Waals surface area contributed by atoms with Crippen molar-refractivity contribution < 1.29 is 0 Å². The van der Waals surface area contributed by atoms with Crippen LogP contribution in [0.1, 0.15) is 56.2 Å². The fourth-order valence-electron chi connectivity index (χ4n) is 4.30. The Labute approximate surface area is 190 Å². The van der Waals surface area contributed by atoms with E-state index in [2.05, 4.69) is 106 Å². The molecule has 1 unspecified atom stereocenters. The molecule has 1 heteroatoms. The summed E-state index contributed by atoms with van der Waals surface area (Å²) in [7, 11) is 0. The van der Waals surface area contributed by atoms with Crippen molar-refractivity contribution in [1.82, 2.24) is 0 Å². The highest BCUT2D eigenvalue weighted by Gasteiger charge is 2.16. The standard InChI is InChI=1S/C18H22.C10H12.C2H5N/c1-3-15(4-2)14-17-12-8-9-13-18(17)16-10-6-5-7-11-16;1-8-6-9-4-2-3-5-10(9)7-8;1-2-3/h3,5-7,10-13,15H,1,4,8-9,14H2,2H3;2-5,8H,6-7H2,1H3;2H,1,3H2. The van der Waals surface area contributed by atoms with E-state index in [0.29, 0.717) is 5.92 Å². The number of benzene rings is 2. The molecule has 0 heterocycles. The van der Waals surface area contributed by atoms with Gasteiger partial charge >= 0.3 is 0 Å². The Kier molecular flexibility index (Phi) is 10.6. The van der Waals surface area contributed by atoms with Crippen molar-refractivity contribution in [3.05, 3.63) is 114 Å². The van der Waals surface area contributed by atoms with Crippen molar-refractivity contribution in [1.29, 1.82) is 0 Å². The molecule has 0 radical (unpaired) electrons. The Bertz CT molecular complexity index is 847. The molecule has 0 aliphatic heterocycles. The minimum atomic E-state index is 0.599. The van der Waals surface area contributed by atoms with E-state index in [4.69, 9.17) is 0 Å². The van der Waals surface area contributed by atoms with Gasteiger partial charge in [-0.2, -0.15) is 0 Å². The van der Waals surface area contributed by atoms with Crippen LogP contribution in [0, 0.1) is 11.8 Å². The fourth-order valence-corrected chi connectivity index (χ4v) is 4.30. The van der Waals surface area contributed by atoms with Crippen molar-refractivity contribution >= 4 is 5.57 Å². The van der Waals surface area contributed by atoms with Gasteiger partial charge in [0.25, 0.3) is 0 Å². The number of allylic oxidation sites excluding steroid dienone is 5. The van der Waals surface area contributed by atoms with Gasteiger partial charge in [-0.15, -0.1) is 6.58 Å². The zero-order valence-electron chi connectivity index (χ0n) is 19.4. The third kappa shape index (κ3) is 7.75. The molecule has 0 saturated heterocycles. The summed E-state index contributed by atoms with van der Waals surface area (Å²) in [5.74, 6) is 1.47. The second kappa shape index (κ2) is 13.5. The lowest BCUT2D eigenvalue weighted by Gasteiger charge is -2.20. The third-order valence-electron chi connectivity index (χ3n) is 5.93. The lowest BCUT2D eigenvalue weighted by atomic mass is 9.85. The monoisotopic (exact) mass is 413 g/mol. The minimum absolute atomic E-state index is 0.599. The van der Waals surface area contributed by atoms with Gasteiger partial charge in [0.2, 0.25) is 0 Å². The fraction of sp³-hybridized carbons (Fsp3) is 0.333. The van der Waals surface area contributed by atoms with E-state index in [-0.39, 0.29) is 0 Å². The van der Waals surface area contributed by atoms with Crippen molar-refractivity contribution in [3.8, 4) is 0 Å². The first kappa shape index (κ1) is 24.5. The van der Waals surface area contributed by atoms with E-state index >= 15 is 0 Å². The predicted octanol–water partition coefficient (Wildman–Crippen LogP) is 7.90. The van der Waals surface area contributed by atoms with Gasteiger partial charge in [0.05, 0.1) is 0 Å². The number of hydrogen-bond donors (Lipinski definition) is 1. The molecule has 0 spiro atoms. The number of hydrogen-bond acceptors (Lipinski definition) is 1. The maximum absolute atomic E-state index is 4.61. The minimum Gasteiger partial charge on any atom is -0.405 e. The molecule has 31 heavy (non-hydrogen) atoms. The van der Waals surface area contributed by atoms with Crippen LogP contribution in [0.25, 0.3) is 5.57 Å². The van der Waals surface area contributed by atoms with Crippen LogP contribution in [0.5, 0.6) is 0 Å². The van der Waals surface area contributed by atoms with E-state index in [1.165, 1.54) is 55.0 Å². The van der Waals surface area contributed by atoms with Crippen LogP contribution in [0.15, 0.2) is 97.8 Å². The molecule has 0 fully saturated rings. The Morgan fingerprint density at radius 3 is 2.03 bits per heavy atom. The summed E-state index contributed by atoms with van der Waals surface area (Å²) in [4.78, 5) is 0. The zero-order valence-corrected chi connectivity index (χ0v) is 19.4. The maximum atomic E-state index is 4.61. The van der Waals surface area contributed by atoms with Crippen molar-refractivity contribution in [2.24, 2.45) is 17.6 Å². The number of fused-ring (bicyclic) bond motifs is 1. The summed E-state index contributed by atoms with van der Waals surface area (Å²) >= 11 is 0. The number of rotatable bonds is 5. The second-order valence-electron chi connectivity index (χ2n) is 8.42. The summed E-state index contributed by atoms with van der Waals surface area (Å²) < 4.78 is 0. The van der Waals surface area contributed by atoms with E-state index in [0.717, 1.165) is 12.3 Å². The van der Waals surface area contributed by atoms with Crippen LogP contribution in [0.4, 0.5) is 0 Å². The Hall–Kier alpha value is -2.80. The smallest absolute Gasteiger partial charge is 0.0136 e. The lowest BCUT2D eigenvalue weighted by molar-refractivity contribution is 0.627. The van der Waals surface area contributed by atoms with Crippen LogP contribution in [-0.4, -0.2) is 0 Å². The molecule has 4 rings (SSSR count). The molecule has 2 aliphatic carbocycles. The van der Waals surface area contributed by atoms with Gasteiger partial charge in [0.15, 0.2) is 0 Å². The van der Waals surface area contributed by atoms with E-state index in [1.54, 1.807) is 11.1 Å². The first-order valence-corrected chi connectivity index (χ1v) is 11.6. The molecular formula is C30H39N. The normalized spacial score (nSPS) is 15.7. The van der Waals surface area contributed by atoms with Gasteiger partial charge in [0.1, 0.15) is 0 Å². The zero-order chi connectivity index (χ0) is 22.5. The van der Waals surface area contributed by atoms with E-state index in [1.807, 2.05) is 0 Å². The lowest BCUT2D eigenvalue weighted by Crippen LogP contribution is -2.01. The van der Waals surface area contributed by atoms with Crippen molar-refractivity contribution in [3.63, 3.8) is 0 Å². The highest BCUT2D eigenvalue weighted by molar-refractivity contribution is 5.79. The van der Waals surface area contributed by atoms with Crippen LogP contribution < -0.4 is 5.73 Å². The van der Waals surface area contributed by atoms with Crippen molar-refractivity contribution in [2.75, 3.05) is 0 Å². The molecule has 2 aromatic carbocycles. The van der Waals surface area contributed by atoms with Gasteiger partial charge in [-0.3, -0.25) is 0 Å². The maximum Gasteiger partial charge on any atom is -0.0136 e. The summed E-state index contributed by atoms with van der Waals surface area (Å²) in [5, 5.41) is 0. The molecule has 1 atom stereocenters. The number of nitrogens with two attached hydrogens (primary N) is 1. The summed E-state index contributed by atoms with van der Waals surface area (Å²) in [5.41, 5.74) is 12.0. The highest BCUT2D eigenvalue weighted by atomic mass is 14.5. The Morgan fingerprint density at radius 1 is 0.935 bits per heavy atom. The SMILES string of the molecule is C=CC(CC)CC1=CCCC=C1c1ccccc1.C=CN.CC1Cc2ccccc2C1. The second-order valence-corrected chi connectivity index (χ2v) is 8.42. The molecule has 0 bridgehead atoms. The highest BCUT2D eigenvalue weighted by Crippen LogP contribution is 2.33. The molecular weight excluding hydrogens is 374 g/mol. The first-order chi connectivity index (χ1) is 15.1. The van der Waals surface area contributed by atoms with Crippen LogP contribution in [-0.2, 0) is 12.8 Å². The molecule has 164 valence electrons. The molecule has 0 aromatic heterocycles. The molecule has 0 amide bonds. The van der Waals surface area contributed by atoms with Crippen LogP contribution >= 0.6 is 0 Å². The van der Waals surface area contributed by atoms with Crippen molar-refractivity contribution in [2.45, 2.75) is 52.4 Å². The molecule has 2 aliphatic rings. The third-order valence-corrected chi connectivity index (χ3v) is 5.93. The summed E-state index contributed by atoms with van der Waals surface area (Å²) in [6.45, 7) is 11.6. The first-order valence-electron chi connectivity index (χ1n) is 11.6. The van der Waals surface area contributed by atoms with E-state index < -0.39 is 0 Å². The van der Waals surface area contributed by atoms with Gasteiger partial charge in [-0.05, 0) is 84.4 Å². The van der Waals surface area contributed by atoms with Gasteiger partial charge in [0, 0.05) is 0 Å². The Balaban J connectivity index is 0.000000219.